The third-order valence-electron chi connectivity index (χ3n) is 4.71. The molecule has 0 atom stereocenters. The Kier molecular flexibility index (Phi) is 24.6. The van der Waals surface area contributed by atoms with E-state index in [0.29, 0.717) is 6.54 Å². The van der Waals surface area contributed by atoms with Gasteiger partial charge in [0.05, 0.1) is 0 Å². The van der Waals surface area contributed by atoms with Gasteiger partial charge in [-0.3, -0.25) is 9.59 Å². The number of hydrogen-bond acceptors (Lipinski definition) is 4. The van der Waals surface area contributed by atoms with Gasteiger partial charge in [0, 0.05) is 32.0 Å². The van der Waals surface area contributed by atoms with Crippen LogP contribution in [0.5, 0.6) is 0 Å². The molecule has 0 aliphatic rings. The van der Waals surface area contributed by atoms with Crippen molar-refractivity contribution < 1.29 is 19.5 Å². The van der Waals surface area contributed by atoms with E-state index in [0.717, 1.165) is 32.0 Å². The standard InChI is InChI=1S/C21H43N3O2.C3H4O2/c1-4-5-6-7-8-9-10-11-12-13-17-22-20(25)15-16-21(26)23-18-14-19-24(2)3;1-2-3(4)5/h4-19H2,1-3H3,(H,22,25)(H,23,26);2H,1H2,(H,4,5). The highest BCUT2D eigenvalue weighted by Gasteiger charge is 2.06. The maximum absolute atomic E-state index is 11.7. The van der Waals surface area contributed by atoms with Crippen molar-refractivity contribution in [1.82, 2.24) is 15.5 Å². The average Bonchev–Trinajstić information content (AvgIpc) is 2.73. The molecule has 0 rings (SSSR count). The largest absolute Gasteiger partial charge is 0.478 e. The van der Waals surface area contributed by atoms with E-state index in [1.807, 2.05) is 14.1 Å². The molecule has 0 fully saturated rings. The Labute approximate surface area is 190 Å². The van der Waals surface area contributed by atoms with Crippen molar-refractivity contribution in [2.24, 2.45) is 0 Å². The van der Waals surface area contributed by atoms with Gasteiger partial charge in [-0.05, 0) is 33.5 Å². The summed E-state index contributed by atoms with van der Waals surface area (Å²) in [7, 11) is 4.03. The predicted molar refractivity (Wildman–Crippen MR) is 128 cm³/mol. The molecule has 0 aliphatic carbocycles. The first-order chi connectivity index (χ1) is 14.8. The van der Waals surface area contributed by atoms with Crippen LogP contribution in [-0.2, 0) is 14.4 Å². The molecular formula is C24H47N3O4. The van der Waals surface area contributed by atoms with Gasteiger partial charge in [0.25, 0.3) is 0 Å². The number of carboxylic acid groups (broad SMARTS) is 1. The molecule has 2 amide bonds. The molecule has 0 aliphatic heterocycles. The Morgan fingerprint density at radius 2 is 1.16 bits per heavy atom. The van der Waals surface area contributed by atoms with Gasteiger partial charge in [-0.15, -0.1) is 0 Å². The maximum Gasteiger partial charge on any atom is 0.327 e. The number of hydrogen-bond donors (Lipinski definition) is 3. The summed E-state index contributed by atoms with van der Waals surface area (Å²) in [5.74, 6) is -1.02. The van der Waals surface area contributed by atoms with Crippen molar-refractivity contribution >= 4 is 17.8 Å². The van der Waals surface area contributed by atoms with Crippen molar-refractivity contribution in [2.45, 2.75) is 90.4 Å². The quantitative estimate of drug-likeness (QED) is 0.207. The summed E-state index contributed by atoms with van der Waals surface area (Å²) in [5.41, 5.74) is 0. The second kappa shape index (κ2) is 24.4. The number of aliphatic carboxylic acids is 1. The van der Waals surface area contributed by atoms with Crippen LogP contribution in [0.25, 0.3) is 0 Å². The first kappa shape index (κ1) is 31.3. The van der Waals surface area contributed by atoms with Gasteiger partial charge in [0.15, 0.2) is 0 Å². The van der Waals surface area contributed by atoms with Gasteiger partial charge in [-0.1, -0.05) is 71.3 Å². The summed E-state index contributed by atoms with van der Waals surface area (Å²) in [6.45, 7) is 7.58. The molecule has 7 heteroatoms. The van der Waals surface area contributed by atoms with Crippen molar-refractivity contribution in [1.29, 1.82) is 0 Å². The normalized spacial score (nSPS) is 10.2. The topological polar surface area (TPSA) is 98.7 Å². The number of carboxylic acids is 1. The Hall–Kier alpha value is -1.89. The Morgan fingerprint density at radius 1 is 0.774 bits per heavy atom. The van der Waals surface area contributed by atoms with E-state index in [4.69, 9.17) is 5.11 Å². The molecule has 0 saturated carbocycles. The first-order valence-electron chi connectivity index (χ1n) is 11.9. The third kappa shape index (κ3) is 30.4. The molecule has 0 radical (unpaired) electrons. The molecule has 0 heterocycles. The number of nitrogens with one attached hydrogen (secondary N) is 2. The van der Waals surface area contributed by atoms with Crippen molar-refractivity contribution in [3.63, 3.8) is 0 Å². The van der Waals surface area contributed by atoms with Crippen LogP contribution in [-0.4, -0.2) is 61.5 Å². The van der Waals surface area contributed by atoms with E-state index >= 15 is 0 Å². The van der Waals surface area contributed by atoms with Gasteiger partial charge in [-0.2, -0.15) is 0 Å². The van der Waals surface area contributed by atoms with E-state index in [1.54, 1.807) is 0 Å². The molecule has 0 aromatic carbocycles. The minimum Gasteiger partial charge on any atom is -0.478 e. The van der Waals surface area contributed by atoms with Crippen LogP contribution in [0, 0.1) is 0 Å². The van der Waals surface area contributed by atoms with Gasteiger partial charge >= 0.3 is 5.97 Å². The summed E-state index contributed by atoms with van der Waals surface area (Å²) < 4.78 is 0. The first-order valence-corrected chi connectivity index (χ1v) is 11.9. The van der Waals surface area contributed by atoms with Gasteiger partial charge in [-0.25, -0.2) is 4.79 Å². The zero-order chi connectivity index (χ0) is 23.7. The molecule has 0 aromatic rings. The Balaban J connectivity index is 0. The molecule has 3 N–H and O–H groups in total. The second-order valence-electron chi connectivity index (χ2n) is 8.08. The molecular weight excluding hydrogens is 394 g/mol. The fourth-order valence-electron chi connectivity index (χ4n) is 2.87. The summed E-state index contributed by atoms with van der Waals surface area (Å²) >= 11 is 0. The van der Waals surface area contributed by atoms with Crippen molar-refractivity contribution in [2.75, 3.05) is 33.7 Å². The second-order valence-corrected chi connectivity index (χ2v) is 8.08. The van der Waals surface area contributed by atoms with Crippen LogP contribution in [0.15, 0.2) is 12.7 Å². The van der Waals surface area contributed by atoms with E-state index in [-0.39, 0.29) is 24.7 Å². The summed E-state index contributed by atoms with van der Waals surface area (Å²) in [4.78, 5) is 34.7. The highest BCUT2D eigenvalue weighted by molar-refractivity contribution is 5.83. The van der Waals surface area contributed by atoms with Crippen LogP contribution in [0.3, 0.4) is 0 Å². The summed E-state index contributed by atoms with van der Waals surface area (Å²) in [6.07, 6.45) is 15.3. The summed E-state index contributed by atoms with van der Waals surface area (Å²) in [6, 6.07) is 0. The van der Waals surface area contributed by atoms with E-state index in [1.165, 1.54) is 57.8 Å². The van der Waals surface area contributed by atoms with E-state index < -0.39 is 5.97 Å². The zero-order valence-electron chi connectivity index (χ0n) is 20.2. The van der Waals surface area contributed by atoms with Crippen molar-refractivity contribution in [3.05, 3.63) is 12.7 Å². The highest BCUT2D eigenvalue weighted by Crippen LogP contribution is 2.10. The number of rotatable bonds is 19. The van der Waals surface area contributed by atoms with Crippen LogP contribution in [0.2, 0.25) is 0 Å². The number of amides is 2. The van der Waals surface area contributed by atoms with E-state index in [2.05, 4.69) is 29.0 Å². The van der Waals surface area contributed by atoms with Gasteiger partial charge in [0.2, 0.25) is 11.8 Å². The third-order valence-corrected chi connectivity index (χ3v) is 4.71. The lowest BCUT2D eigenvalue weighted by atomic mass is 10.1. The van der Waals surface area contributed by atoms with Gasteiger partial charge < -0.3 is 20.6 Å². The lowest BCUT2D eigenvalue weighted by Gasteiger charge is -2.10. The van der Waals surface area contributed by atoms with Crippen molar-refractivity contribution in [3.8, 4) is 0 Å². The van der Waals surface area contributed by atoms with Crippen LogP contribution in [0.1, 0.15) is 90.4 Å². The van der Waals surface area contributed by atoms with Crippen LogP contribution in [0.4, 0.5) is 0 Å². The molecule has 182 valence electrons. The number of unbranched alkanes of at least 4 members (excludes halogenated alkanes) is 9. The highest BCUT2D eigenvalue weighted by atomic mass is 16.4. The number of nitrogens with zero attached hydrogens (tertiary/aromatic N) is 1. The average molecular weight is 442 g/mol. The van der Waals surface area contributed by atoms with Gasteiger partial charge in [0.1, 0.15) is 0 Å². The number of carbonyl (C=O) groups is 3. The maximum atomic E-state index is 11.7. The lowest BCUT2D eigenvalue weighted by molar-refractivity contribution is -0.131. The minimum atomic E-state index is -0.981. The molecule has 7 nitrogen and oxygen atoms in total. The monoisotopic (exact) mass is 441 g/mol. The molecule has 31 heavy (non-hydrogen) atoms. The van der Waals surface area contributed by atoms with Crippen LogP contribution >= 0.6 is 0 Å². The predicted octanol–water partition coefficient (Wildman–Crippen LogP) is 4.13. The minimum absolute atomic E-state index is 0.00985. The van der Waals surface area contributed by atoms with Crippen LogP contribution < -0.4 is 10.6 Å². The lowest BCUT2D eigenvalue weighted by Crippen LogP contribution is -2.29. The Bertz CT molecular complexity index is 468. The number of carbonyl (C=O) groups excluding carboxylic acids is 2. The molecule has 0 bridgehead atoms. The molecule has 0 saturated heterocycles. The fraction of sp³-hybridized carbons (Fsp3) is 0.792. The smallest absolute Gasteiger partial charge is 0.327 e. The molecule has 0 aromatic heterocycles. The van der Waals surface area contributed by atoms with E-state index in [9.17, 15) is 14.4 Å². The molecule has 0 spiro atoms. The molecule has 0 unspecified atom stereocenters. The fourth-order valence-corrected chi connectivity index (χ4v) is 2.87. The Morgan fingerprint density at radius 3 is 1.55 bits per heavy atom. The summed E-state index contributed by atoms with van der Waals surface area (Å²) in [5, 5.41) is 13.4. The SMILES string of the molecule is C=CC(=O)O.CCCCCCCCCCCCNC(=O)CCC(=O)NCCCN(C)C. The zero-order valence-corrected chi connectivity index (χ0v) is 20.2.